The first-order chi connectivity index (χ1) is 35.2. The third-order valence-corrected chi connectivity index (χ3v) is 25.0. The molecule has 0 saturated heterocycles. The molecule has 2 aliphatic heterocycles. The van der Waals surface area contributed by atoms with E-state index in [1.165, 1.54) is 16.7 Å². The Morgan fingerprint density at radius 3 is 1.24 bits per heavy atom. The number of terminal acetylenes is 1. The summed E-state index contributed by atoms with van der Waals surface area (Å²) in [5.74, 6) is 12.1. The summed E-state index contributed by atoms with van der Waals surface area (Å²) in [6.07, 6.45) is 6.33. The first-order valence-corrected chi connectivity index (χ1v) is 32.4. The zero-order valence-corrected chi connectivity index (χ0v) is 50.4. The number of H-pyrrole nitrogens is 2. The predicted octanol–water partition coefficient (Wildman–Crippen LogP) is 16.1. The van der Waals surface area contributed by atoms with E-state index < -0.39 is 16.6 Å². The molecule has 0 aliphatic carbocycles. The Morgan fingerprint density at radius 1 is 0.447 bits per heavy atom. The van der Waals surface area contributed by atoms with Gasteiger partial charge in [0.05, 0.1) is 13.2 Å². The number of fused-ring (bicyclic) bond motifs is 20. The van der Waals surface area contributed by atoms with Crippen LogP contribution in [0.3, 0.4) is 0 Å². The largest absolute Gasteiger partial charge is 0.412 e. The Kier molecular flexibility index (Phi) is 13.5. The van der Waals surface area contributed by atoms with Crippen LogP contribution in [-0.4, -0.2) is 69.7 Å². The fourth-order valence-electron chi connectivity index (χ4n) is 8.77. The van der Waals surface area contributed by atoms with Gasteiger partial charge in [0.1, 0.15) is 22.6 Å². The summed E-state index contributed by atoms with van der Waals surface area (Å²) in [4.78, 5) is 39.4. The van der Waals surface area contributed by atoms with E-state index in [4.69, 9.17) is 45.2 Å². The molecule has 0 saturated carbocycles. The van der Waals surface area contributed by atoms with Crippen molar-refractivity contribution in [1.29, 1.82) is 0 Å². The van der Waals surface area contributed by atoms with E-state index in [2.05, 4.69) is 218 Å². The third-order valence-electron chi connectivity index (χ3n) is 16.1. The molecule has 10 nitrogen and oxygen atoms in total. The van der Waals surface area contributed by atoms with Gasteiger partial charge in [-0.15, -0.1) is 6.42 Å². The highest BCUT2D eigenvalue weighted by Gasteiger charge is 2.39. The van der Waals surface area contributed by atoms with E-state index in [9.17, 15) is 0 Å². The highest BCUT2D eigenvalue weighted by molar-refractivity contribution is 6.74. The average molecular weight is 1050 g/mol. The van der Waals surface area contributed by atoms with Gasteiger partial charge in [-0.3, -0.25) is 0 Å². The summed E-state index contributed by atoms with van der Waals surface area (Å²) in [7, 11) is -4.33. The lowest BCUT2D eigenvalue weighted by Crippen LogP contribution is -2.42. The number of hydrogen-bond acceptors (Lipinski definition) is 8. The molecular formula is C64H76N8O2Si2. The van der Waals surface area contributed by atoms with Crippen LogP contribution in [0.2, 0.25) is 36.3 Å². The molecule has 392 valence electrons. The van der Waals surface area contributed by atoms with E-state index in [0.29, 0.717) is 64.7 Å². The van der Waals surface area contributed by atoms with Gasteiger partial charge in [-0.05, 0) is 106 Å². The average Bonchev–Trinajstić information content (AvgIpc) is 4.06. The quantitative estimate of drug-likeness (QED) is 0.125. The topological polar surface area (TPSA) is 127 Å². The van der Waals surface area contributed by atoms with Gasteiger partial charge in [0.25, 0.3) is 0 Å². The van der Waals surface area contributed by atoms with Crippen molar-refractivity contribution in [2.45, 2.75) is 156 Å². The molecule has 4 aromatic carbocycles. The van der Waals surface area contributed by atoms with Crippen LogP contribution in [0.25, 0.3) is 89.7 Å². The molecule has 7 aromatic rings. The second kappa shape index (κ2) is 18.9. The van der Waals surface area contributed by atoms with Crippen molar-refractivity contribution in [3.8, 4) is 69.7 Å². The summed E-state index contributed by atoms with van der Waals surface area (Å²) in [6.45, 7) is 43.0. The van der Waals surface area contributed by atoms with Crippen LogP contribution in [0.5, 0.6) is 0 Å². The van der Waals surface area contributed by atoms with Crippen LogP contribution in [0.1, 0.15) is 126 Å². The van der Waals surface area contributed by atoms with E-state index in [1.807, 2.05) is 12.1 Å². The summed E-state index contributed by atoms with van der Waals surface area (Å²) >= 11 is 0. The molecular weight excluding hydrogens is 969 g/mol. The Balaban J connectivity index is 1.32. The number of nitrogens with zero attached hydrogens (tertiary/aromatic N) is 6. The van der Waals surface area contributed by atoms with Crippen LogP contribution < -0.4 is 0 Å². The summed E-state index contributed by atoms with van der Waals surface area (Å²) in [5, 5.41) is 3.70. The molecule has 0 spiro atoms. The molecule has 12 heteroatoms. The van der Waals surface area contributed by atoms with Crippen LogP contribution in [0, 0.1) is 24.2 Å². The Labute approximate surface area is 452 Å². The molecule has 0 radical (unpaired) electrons. The van der Waals surface area contributed by atoms with E-state index in [1.54, 1.807) is 0 Å². The van der Waals surface area contributed by atoms with Crippen molar-refractivity contribution in [2.24, 2.45) is 0 Å². The lowest BCUT2D eigenvalue weighted by Gasteiger charge is -2.37. The predicted molar refractivity (Wildman–Crippen MR) is 321 cm³/mol. The summed E-state index contributed by atoms with van der Waals surface area (Å²) in [6, 6.07) is 25.7. The number of aromatic amines is 2. The molecule has 0 unspecified atom stereocenters. The Hall–Kier alpha value is -6.55. The second-order valence-electron chi connectivity index (χ2n) is 26.9. The molecule has 0 atom stereocenters. The highest BCUT2D eigenvalue weighted by Crippen LogP contribution is 2.42. The van der Waals surface area contributed by atoms with Crippen LogP contribution in [0.4, 0.5) is 0 Å². The normalized spacial score (nSPS) is 13.8. The molecule has 0 amide bonds. The molecule has 3 aromatic heterocycles. The number of aromatic nitrogens is 8. The van der Waals surface area contributed by atoms with Crippen molar-refractivity contribution >= 4 is 60.8 Å². The number of benzene rings is 4. The minimum Gasteiger partial charge on any atom is -0.412 e. The molecule has 8 bridgehead atoms. The van der Waals surface area contributed by atoms with Crippen LogP contribution in [0.15, 0.2) is 83.9 Å². The van der Waals surface area contributed by atoms with Crippen molar-refractivity contribution < 1.29 is 8.85 Å². The van der Waals surface area contributed by atoms with Crippen LogP contribution in [-0.2, 0) is 25.1 Å². The lowest BCUT2D eigenvalue weighted by atomic mass is 9.85. The molecule has 5 heterocycles. The van der Waals surface area contributed by atoms with Crippen LogP contribution >= 0.6 is 0 Å². The maximum atomic E-state index is 6.82. The molecule has 76 heavy (non-hydrogen) atoms. The maximum absolute atomic E-state index is 6.82. The Bertz CT molecular complexity index is 3820. The zero-order valence-electron chi connectivity index (χ0n) is 48.4. The smallest absolute Gasteiger partial charge is 0.192 e. The number of hydrogen-bond donors (Lipinski definition) is 2. The fraction of sp³-hybridized carbons (Fsp3) is 0.406. The highest BCUT2D eigenvalue weighted by atomic mass is 28.4. The van der Waals surface area contributed by atoms with E-state index >= 15 is 0 Å². The van der Waals surface area contributed by atoms with Gasteiger partial charge in [0, 0.05) is 60.5 Å². The molecule has 9 rings (SSSR count). The minimum absolute atomic E-state index is 0.00620. The van der Waals surface area contributed by atoms with E-state index in [-0.39, 0.29) is 26.3 Å². The molecule has 0 fully saturated rings. The van der Waals surface area contributed by atoms with Gasteiger partial charge in [-0.2, -0.15) is 0 Å². The van der Waals surface area contributed by atoms with Gasteiger partial charge in [0.2, 0.25) is 0 Å². The third kappa shape index (κ3) is 10.5. The van der Waals surface area contributed by atoms with Crippen molar-refractivity contribution in [2.75, 3.05) is 13.2 Å². The van der Waals surface area contributed by atoms with Gasteiger partial charge < -0.3 is 18.8 Å². The standard InChI is InChI=1S/C64H76N8O2Si2/c1-21-39(36-73-75(17,18)63(11,12)13)40(37-74-76(19,20)64(14,15)16)24-22-38-23-28-44-48(32-38)56-66-52(44)67-57-49-33-41(60(2,3)4)25-29-45(49)53(68-57)65-54-46-30-26-42(61(5,6)7)34-50(46)58(69-54)70-55-47-31-27-43(62(8,9)10)35-51(47)59(71-55)72-56/h1,23,25-35H,36-37H2,2-20H3,(H2,65,66,67,68,69,70,71,72)/b40-39+. The van der Waals surface area contributed by atoms with Gasteiger partial charge >= 0.3 is 0 Å². The SMILES string of the molecule is C#C/C(CO[Si](C)(C)C(C)(C)C)=C(/C#Cc1ccc2c(c1)-c1nc-2nc2[nH]c(nc3nc(nc4[nH]c(n1)c1cc(C(C)(C)C)ccc41)-c1cc(C(C)(C)C)ccc1-3)c1ccc(C(C)(C)C)cc21)CO[Si](C)(C)C(C)(C)C. The second-order valence-corrected chi connectivity index (χ2v) is 36.5. The first-order valence-electron chi connectivity index (χ1n) is 26.6. The van der Waals surface area contributed by atoms with E-state index in [0.717, 1.165) is 54.9 Å². The Morgan fingerprint density at radius 2 is 0.816 bits per heavy atom. The number of nitrogens with one attached hydrogen (secondary N) is 2. The minimum atomic E-state index is -2.19. The molecule has 2 N–H and O–H groups in total. The first kappa shape index (κ1) is 54.3. The monoisotopic (exact) mass is 1040 g/mol. The lowest BCUT2D eigenvalue weighted by molar-refractivity contribution is 0.308. The maximum Gasteiger partial charge on any atom is 0.192 e. The fourth-order valence-corrected chi connectivity index (χ4v) is 10.6. The van der Waals surface area contributed by atoms with Gasteiger partial charge in [-0.1, -0.05) is 158 Å². The summed E-state index contributed by atoms with van der Waals surface area (Å²) in [5.41, 5.74) is 11.4. The van der Waals surface area contributed by atoms with Gasteiger partial charge in [-0.25, -0.2) is 29.9 Å². The van der Waals surface area contributed by atoms with Crippen molar-refractivity contribution in [3.05, 3.63) is 106 Å². The number of rotatable bonds is 6. The zero-order chi connectivity index (χ0) is 55.3. The molecule has 2 aliphatic rings. The van der Waals surface area contributed by atoms with Gasteiger partial charge in [0.15, 0.2) is 39.9 Å². The van der Waals surface area contributed by atoms with Crippen molar-refractivity contribution in [1.82, 2.24) is 39.9 Å². The summed E-state index contributed by atoms with van der Waals surface area (Å²) < 4.78 is 13.5. The van der Waals surface area contributed by atoms with Crippen molar-refractivity contribution in [3.63, 3.8) is 0 Å².